The normalized spacial score (nSPS) is 16.5. The lowest BCUT2D eigenvalue weighted by molar-refractivity contribution is 0.112. The standard InChI is InChI=1S/C21H20FNO4S/c1-28(25,26)23-8-6-15(7-9-23)16-3-5-20-17(11-16)12-21(27-20)18-4-2-14(13-24)10-19(18)22/h2-5,10-13,15H,6-9H2,1H3. The molecule has 0 aliphatic carbocycles. The Morgan fingerprint density at radius 1 is 1.11 bits per heavy atom. The van der Waals surface area contributed by atoms with Crippen LogP contribution in [0.4, 0.5) is 4.39 Å². The molecule has 0 bridgehead atoms. The lowest BCUT2D eigenvalue weighted by atomic mass is 9.90. The molecule has 0 N–H and O–H groups in total. The molecule has 1 aromatic heterocycles. The third-order valence-electron chi connectivity index (χ3n) is 5.33. The second-order valence-electron chi connectivity index (χ2n) is 7.20. The van der Waals surface area contributed by atoms with Crippen molar-refractivity contribution < 1.29 is 22.0 Å². The Labute approximate surface area is 162 Å². The number of benzene rings is 2. The molecule has 0 unspecified atom stereocenters. The molecule has 2 aromatic carbocycles. The second-order valence-corrected chi connectivity index (χ2v) is 9.18. The van der Waals surface area contributed by atoms with E-state index >= 15 is 0 Å². The summed E-state index contributed by atoms with van der Waals surface area (Å²) in [5.74, 6) is 0.190. The highest BCUT2D eigenvalue weighted by Crippen LogP contribution is 2.34. The highest BCUT2D eigenvalue weighted by molar-refractivity contribution is 7.88. The van der Waals surface area contributed by atoms with E-state index in [1.807, 2.05) is 18.2 Å². The summed E-state index contributed by atoms with van der Waals surface area (Å²) in [5, 5.41) is 0.872. The smallest absolute Gasteiger partial charge is 0.211 e. The van der Waals surface area contributed by atoms with Gasteiger partial charge in [-0.05, 0) is 54.7 Å². The van der Waals surface area contributed by atoms with E-state index in [2.05, 4.69) is 0 Å². The first-order chi connectivity index (χ1) is 13.3. The van der Waals surface area contributed by atoms with Crippen LogP contribution in [0.5, 0.6) is 0 Å². The van der Waals surface area contributed by atoms with Crippen molar-refractivity contribution in [3.8, 4) is 11.3 Å². The molecule has 7 heteroatoms. The predicted molar refractivity (Wildman–Crippen MR) is 105 cm³/mol. The molecule has 0 amide bonds. The number of nitrogens with zero attached hydrogens (tertiary/aromatic N) is 1. The molecule has 0 atom stereocenters. The SMILES string of the molecule is CS(=O)(=O)N1CCC(c2ccc3oc(-c4ccc(C=O)cc4F)cc3c2)CC1. The first-order valence-electron chi connectivity index (χ1n) is 9.09. The van der Waals surface area contributed by atoms with Crippen LogP contribution in [0.3, 0.4) is 0 Å². The summed E-state index contributed by atoms with van der Waals surface area (Å²) >= 11 is 0. The van der Waals surface area contributed by atoms with Crippen molar-refractivity contribution in [2.75, 3.05) is 19.3 Å². The maximum atomic E-state index is 14.3. The van der Waals surface area contributed by atoms with Gasteiger partial charge in [0, 0.05) is 24.0 Å². The quantitative estimate of drug-likeness (QED) is 0.615. The van der Waals surface area contributed by atoms with Crippen molar-refractivity contribution in [3.63, 3.8) is 0 Å². The highest BCUT2D eigenvalue weighted by atomic mass is 32.2. The number of furan rings is 1. The number of aldehydes is 1. The summed E-state index contributed by atoms with van der Waals surface area (Å²) in [5.41, 5.74) is 2.38. The van der Waals surface area contributed by atoms with Gasteiger partial charge in [0.15, 0.2) is 0 Å². The molecule has 3 aromatic rings. The van der Waals surface area contributed by atoms with Gasteiger partial charge >= 0.3 is 0 Å². The minimum absolute atomic E-state index is 0.278. The lowest BCUT2D eigenvalue weighted by Gasteiger charge is -2.30. The molecule has 146 valence electrons. The van der Waals surface area contributed by atoms with Crippen LogP contribution in [0.25, 0.3) is 22.3 Å². The van der Waals surface area contributed by atoms with Gasteiger partial charge in [-0.15, -0.1) is 0 Å². The minimum Gasteiger partial charge on any atom is -0.456 e. The average molecular weight is 401 g/mol. The molecule has 1 saturated heterocycles. The molecule has 4 rings (SSSR count). The van der Waals surface area contributed by atoms with Gasteiger partial charge in [0.1, 0.15) is 23.4 Å². The molecule has 1 aliphatic rings. The third-order valence-corrected chi connectivity index (χ3v) is 6.63. The topological polar surface area (TPSA) is 67.6 Å². The van der Waals surface area contributed by atoms with E-state index < -0.39 is 15.8 Å². The second kappa shape index (κ2) is 7.14. The van der Waals surface area contributed by atoms with E-state index in [1.165, 1.54) is 16.6 Å². The third kappa shape index (κ3) is 3.59. The van der Waals surface area contributed by atoms with Gasteiger partial charge in [-0.25, -0.2) is 17.1 Å². The number of sulfonamides is 1. The van der Waals surface area contributed by atoms with E-state index in [4.69, 9.17) is 4.42 Å². The summed E-state index contributed by atoms with van der Waals surface area (Å²) in [6, 6.07) is 12.0. The van der Waals surface area contributed by atoms with Gasteiger partial charge in [0.25, 0.3) is 0 Å². The van der Waals surface area contributed by atoms with Crippen LogP contribution in [0, 0.1) is 5.82 Å². The zero-order valence-electron chi connectivity index (χ0n) is 15.4. The molecule has 5 nitrogen and oxygen atoms in total. The van der Waals surface area contributed by atoms with Gasteiger partial charge in [-0.3, -0.25) is 4.79 Å². The Balaban J connectivity index is 1.60. The van der Waals surface area contributed by atoms with Gasteiger partial charge in [-0.1, -0.05) is 12.1 Å². The van der Waals surface area contributed by atoms with Crippen molar-refractivity contribution in [2.45, 2.75) is 18.8 Å². The summed E-state index contributed by atoms with van der Waals surface area (Å²) in [4.78, 5) is 10.8. The first-order valence-corrected chi connectivity index (χ1v) is 10.9. The molecule has 1 fully saturated rings. The first kappa shape index (κ1) is 18.8. The van der Waals surface area contributed by atoms with Crippen molar-refractivity contribution in [2.24, 2.45) is 0 Å². The van der Waals surface area contributed by atoms with E-state index in [0.717, 1.165) is 23.8 Å². The molecule has 0 radical (unpaired) electrons. The number of hydrogen-bond acceptors (Lipinski definition) is 4. The number of carbonyl (C=O) groups excluding carboxylic acids is 1. The molecular formula is C21H20FNO4S. The fraction of sp³-hybridized carbons (Fsp3) is 0.286. The summed E-state index contributed by atoms with van der Waals surface area (Å²) in [7, 11) is -3.14. The fourth-order valence-electron chi connectivity index (χ4n) is 3.77. The van der Waals surface area contributed by atoms with Crippen LogP contribution in [-0.2, 0) is 10.0 Å². The van der Waals surface area contributed by atoms with E-state index in [9.17, 15) is 17.6 Å². The van der Waals surface area contributed by atoms with Crippen LogP contribution < -0.4 is 0 Å². The average Bonchev–Trinajstić information content (AvgIpc) is 3.10. The van der Waals surface area contributed by atoms with Crippen molar-refractivity contribution >= 4 is 27.3 Å². The maximum absolute atomic E-state index is 14.3. The maximum Gasteiger partial charge on any atom is 0.211 e. The summed E-state index contributed by atoms with van der Waals surface area (Å²) in [6.45, 7) is 1.04. The number of halogens is 1. The monoisotopic (exact) mass is 401 g/mol. The molecule has 0 saturated carbocycles. The number of rotatable bonds is 4. The zero-order chi connectivity index (χ0) is 19.9. The Kier molecular flexibility index (Phi) is 4.81. The van der Waals surface area contributed by atoms with Crippen molar-refractivity contribution in [1.29, 1.82) is 0 Å². The molecule has 2 heterocycles. The van der Waals surface area contributed by atoms with E-state index in [0.29, 0.717) is 36.3 Å². The van der Waals surface area contributed by atoms with Crippen LogP contribution in [0.1, 0.15) is 34.7 Å². The number of carbonyl (C=O) groups is 1. The predicted octanol–water partition coefficient (Wildman–Crippen LogP) is 4.19. The van der Waals surface area contributed by atoms with Gasteiger partial charge in [0.05, 0.1) is 11.8 Å². The molecular weight excluding hydrogens is 381 g/mol. The van der Waals surface area contributed by atoms with E-state index in [1.54, 1.807) is 18.2 Å². The van der Waals surface area contributed by atoms with Gasteiger partial charge in [0.2, 0.25) is 10.0 Å². The summed E-state index contributed by atoms with van der Waals surface area (Å²) < 4.78 is 44.9. The molecule has 28 heavy (non-hydrogen) atoms. The Morgan fingerprint density at radius 3 is 2.50 bits per heavy atom. The van der Waals surface area contributed by atoms with Gasteiger partial charge in [-0.2, -0.15) is 0 Å². The number of piperidine rings is 1. The van der Waals surface area contributed by atoms with Crippen molar-refractivity contribution in [3.05, 3.63) is 59.4 Å². The van der Waals surface area contributed by atoms with Gasteiger partial charge < -0.3 is 4.42 Å². The number of fused-ring (bicyclic) bond motifs is 1. The summed E-state index contributed by atoms with van der Waals surface area (Å²) in [6.07, 6.45) is 3.39. The van der Waals surface area contributed by atoms with Crippen LogP contribution in [0.2, 0.25) is 0 Å². The highest BCUT2D eigenvalue weighted by Gasteiger charge is 2.26. The number of hydrogen-bond donors (Lipinski definition) is 0. The van der Waals surface area contributed by atoms with Crippen LogP contribution >= 0.6 is 0 Å². The largest absolute Gasteiger partial charge is 0.456 e. The lowest BCUT2D eigenvalue weighted by Crippen LogP contribution is -2.37. The fourth-order valence-corrected chi connectivity index (χ4v) is 4.65. The Morgan fingerprint density at radius 2 is 1.86 bits per heavy atom. The molecule has 0 spiro atoms. The van der Waals surface area contributed by atoms with Crippen LogP contribution in [-0.4, -0.2) is 38.4 Å². The Hall–Kier alpha value is -2.51. The minimum atomic E-state index is -3.14. The Bertz CT molecular complexity index is 1140. The molecule has 1 aliphatic heterocycles. The zero-order valence-corrected chi connectivity index (χ0v) is 16.2. The van der Waals surface area contributed by atoms with E-state index in [-0.39, 0.29) is 11.5 Å². The van der Waals surface area contributed by atoms with Crippen molar-refractivity contribution in [1.82, 2.24) is 4.31 Å². The van der Waals surface area contributed by atoms with Crippen LogP contribution in [0.15, 0.2) is 46.9 Å².